The normalized spacial score (nSPS) is 21.8. The monoisotopic (exact) mass is 270 g/mol. The number of alkyl halides is 3. The Morgan fingerprint density at radius 2 is 1.89 bits per heavy atom. The lowest BCUT2D eigenvalue weighted by Gasteiger charge is -2.20. The first kappa shape index (κ1) is 13.6. The number of hydrogen-bond donors (Lipinski definition) is 0. The Labute approximate surface area is 108 Å². The Balaban J connectivity index is 2.16. The summed E-state index contributed by atoms with van der Waals surface area (Å²) in [6.45, 7) is 1.42. The highest BCUT2D eigenvalue weighted by molar-refractivity contribution is 5.90. The quantitative estimate of drug-likeness (QED) is 0.620. The van der Waals surface area contributed by atoms with E-state index in [-0.39, 0.29) is 18.6 Å². The predicted octanol–water partition coefficient (Wildman–Crippen LogP) is 3.28. The molecule has 1 aliphatic rings. The smallest absolute Gasteiger partial charge is 0.412 e. The average molecular weight is 270 g/mol. The zero-order chi connectivity index (χ0) is 14.1. The highest BCUT2D eigenvalue weighted by Gasteiger charge is 2.69. The van der Waals surface area contributed by atoms with Crippen LogP contribution >= 0.6 is 0 Å². The molecule has 0 saturated carbocycles. The van der Waals surface area contributed by atoms with Crippen LogP contribution in [-0.2, 0) is 16.0 Å². The van der Waals surface area contributed by atoms with Crippen LogP contribution in [0.4, 0.5) is 13.2 Å². The van der Waals surface area contributed by atoms with Gasteiger partial charge < -0.3 is 4.74 Å². The molecule has 0 N–H and O–H groups in total. The highest BCUT2D eigenvalue weighted by Crippen LogP contribution is 2.57. The van der Waals surface area contributed by atoms with Crippen molar-refractivity contribution in [2.45, 2.75) is 19.5 Å². The summed E-state index contributed by atoms with van der Waals surface area (Å²) in [4.78, 5) is 11.6. The molecule has 1 aromatic carbocycles. The Morgan fingerprint density at radius 1 is 1.26 bits per heavy atom. The Kier molecular flexibility index (Phi) is 3.39. The van der Waals surface area contributed by atoms with Crippen molar-refractivity contribution in [2.75, 3.05) is 6.61 Å². The molecule has 0 heterocycles. The Morgan fingerprint density at radius 3 is 2.42 bits per heavy atom. The van der Waals surface area contributed by atoms with Crippen LogP contribution in [-0.4, -0.2) is 18.8 Å². The molecule has 1 aliphatic carbocycles. The maximum atomic E-state index is 13.1. The van der Waals surface area contributed by atoms with Crippen LogP contribution in [0.2, 0.25) is 0 Å². The first-order valence-electron chi connectivity index (χ1n) is 5.92. The van der Waals surface area contributed by atoms with Gasteiger partial charge in [0, 0.05) is 0 Å². The van der Waals surface area contributed by atoms with Gasteiger partial charge in [0.15, 0.2) is 0 Å². The molecule has 2 rings (SSSR count). The summed E-state index contributed by atoms with van der Waals surface area (Å²) in [5.41, 5.74) is -1.70. The van der Waals surface area contributed by atoms with Crippen molar-refractivity contribution in [2.24, 2.45) is 5.41 Å². The molecule has 5 heteroatoms. The van der Waals surface area contributed by atoms with Crippen molar-refractivity contribution < 1.29 is 22.7 Å². The molecule has 0 spiro atoms. The molecule has 102 valence electrons. The van der Waals surface area contributed by atoms with E-state index in [2.05, 4.69) is 4.74 Å². The zero-order valence-electron chi connectivity index (χ0n) is 10.3. The van der Waals surface area contributed by atoms with Crippen molar-refractivity contribution in [1.82, 2.24) is 0 Å². The molecule has 19 heavy (non-hydrogen) atoms. The summed E-state index contributed by atoms with van der Waals surface area (Å²) >= 11 is 0. The van der Waals surface area contributed by atoms with E-state index in [0.717, 1.165) is 11.6 Å². The zero-order valence-corrected chi connectivity index (χ0v) is 10.3. The second kappa shape index (κ2) is 4.72. The third kappa shape index (κ3) is 2.37. The average Bonchev–Trinajstić information content (AvgIpc) is 3.06. The minimum atomic E-state index is -4.64. The van der Waals surface area contributed by atoms with E-state index in [9.17, 15) is 18.0 Å². The van der Waals surface area contributed by atoms with Crippen molar-refractivity contribution in [3.05, 3.63) is 47.5 Å². The number of carbonyl (C=O) groups excluding carboxylic acids is 1. The standard InChI is InChI=1S/C14H13F3O2/c1-2-19-12(18)13(14(15,16)17)9-11(13)8-10-6-4-3-5-7-10/h3-7,9H,2,8H2,1H3. The van der Waals surface area contributed by atoms with E-state index in [1.807, 2.05) is 0 Å². The molecule has 1 unspecified atom stereocenters. The summed E-state index contributed by atoms with van der Waals surface area (Å²) in [7, 11) is 0. The van der Waals surface area contributed by atoms with Gasteiger partial charge in [0.05, 0.1) is 6.61 Å². The highest BCUT2D eigenvalue weighted by atomic mass is 19.4. The molecular formula is C14H13F3O2. The molecule has 0 radical (unpaired) electrons. The van der Waals surface area contributed by atoms with Crippen LogP contribution in [0, 0.1) is 5.41 Å². The van der Waals surface area contributed by atoms with Crippen molar-refractivity contribution >= 4 is 5.97 Å². The van der Waals surface area contributed by atoms with Crippen LogP contribution in [0.15, 0.2) is 42.0 Å². The molecule has 2 nitrogen and oxygen atoms in total. The largest absolute Gasteiger partial charge is 0.465 e. The molecule has 0 fully saturated rings. The van der Waals surface area contributed by atoms with Crippen molar-refractivity contribution in [3.63, 3.8) is 0 Å². The van der Waals surface area contributed by atoms with E-state index in [4.69, 9.17) is 0 Å². The van der Waals surface area contributed by atoms with E-state index >= 15 is 0 Å². The van der Waals surface area contributed by atoms with Crippen LogP contribution in [0.25, 0.3) is 0 Å². The lowest BCUT2D eigenvalue weighted by molar-refractivity contribution is -0.201. The minimum absolute atomic E-state index is 0.0599. The molecule has 0 amide bonds. The summed E-state index contributed by atoms with van der Waals surface area (Å²) in [6, 6.07) is 8.74. The first-order chi connectivity index (χ1) is 8.91. The maximum Gasteiger partial charge on any atom is 0.412 e. The third-order valence-electron chi connectivity index (χ3n) is 3.10. The van der Waals surface area contributed by atoms with Crippen LogP contribution in [0.3, 0.4) is 0 Å². The fourth-order valence-corrected chi connectivity index (χ4v) is 2.05. The summed E-state index contributed by atoms with van der Waals surface area (Å²) in [6.07, 6.45) is -3.57. The number of ether oxygens (including phenoxy) is 1. The lowest BCUT2D eigenvalue weighted by atomic mass is 9.96. The van der Waals surface area contributed by atoms with Gasteiger partial charge in [0.25, 0.3) is 0 Å². The second-order valence-corrected chi connectivity index (χ2v) is 4.36. The summed E-state index contributed by atoms with van der Waals surface area (Å²) in [5, 5.41) is 0. The van der Waals surface area contributed by atoms with Crippen LogP contribution < -0.4 is 0 Å². The van der Waals surface area contributed by atoms with Gasteiger partial charge in [0.1, 0.15) is 0 Å². The summed E-state index contributed by atoms with van der Waals surface area (Å²) < 4.78 is 43.8. The van der Waals surface area contributed by atoms with Gasteiger partial charge in [-0.15, -0.1) is 0 Å². The number of esters is 1. The first-order valence-corrected chi connectivity index (χ1v) is 5.92. The Hall–Kier alpha value is -1.78. The second-order valence-electron chi connectivity index (χ2n) is 4.36. The van der Waals surface area contributed by atoms with E-state index in [1.165, 1.54) is 6.92 Å². The van der Waals surface area contributed by atoms with Gasteiger partial charge in [0.2, 0.25) is 5.41 Å². The fraction of sp³-hybridized carbons (Fsp3) is 0.357. The third-order valence-corrected chi connectivity index (χ3v) is 3.10. The van der Waals surface area contributed by atoms with Gasteiger partial charge >= 0.3 is 12.1 Å². The number of halogens is 3. The number of hydrogen-bond acceptors (Lipinski definition) is 2. The van der Waals surface area contributed by atoms with E-state index in [0.29, 0.717) is 0 Å². The number of rotatable bonds is 4. The van der Waals surface area contributed by atoms with Gasteiger partial charge in [-0.05, 0) is 24.5 Å². The Bertz CT molecular complexity index is 505. The lowest BCUT2D eigenvalue weighted by Crippen LogP contribution is -2.37. The maximum absolute atomic E-state index is 13.1. The molecule has 0 saturated heterocycles. The van der Waals surface area contributed by atoms with E-state index < -0.39 is 17.6 Å². The van der Waals surface area contributed by atoms with Gasteiger partial charge in [-0.25, -0.2) is 0 Å². The molecule has 1 atom stereocenters. The van der Waals surface area contributed by atoms with Gasteiger partial charge in [-0.3, -0.25) is 4.79 Å². The predicted molar refractivity (Wildman–Crippen MR) is 63.4 cm³/mol. The number of benzene rings is 1. The van der Waals surface area contributed by atoms with Crippen LogP contribution in [0.1, 0.15) is 12.5 Å². The van der Waals surface area contributed by atoms with Crippen molar-refractivity contribution in [3.8, 4) is 0 Å². The fourth-order valence-electron chi connectivity index (χ4n) is 2.05. The molecule has 0 aliphatic heterocycles. The van der Waals surface area contributed by atoms with E-state index in [1.54, 1.807) is 30.3 Å². The number of carbonyl (C=O) groups is 1. The molecule has 1 aromatic rings. The minimum Gasteiger partial charge on any atom is -0.465 e. The topological polar surface area (TPSA) is 26.3 Å². The van der Waals surface area contributed by atoms with Crippen molar-refractivity contribution in [1.29, 1.82) is 0 Å². The molecule has 0 aromatic heterocycles. The van der Waals surface area contributed by atoms with Gasteiger partial charge in [-0.2, -0.15) is 13.2 Å². The molecule has 0 bridgehead atoms. The van der Waals surface area contributed by atoms with Gasteiger partial charge in [-0.1, -0.05) is 36.4 Å². The molecular weight excluding hydrogens is 257 g/mol. The van der Waals surface area contributed by atoms with Crippen LogP contribution in [0.5, 0.6) is 0 Å². The summed E-state index contributed by atoms with van der Waals surface area (Å²) in [5.74, 6) is -1.23. The SMILES string of the molecule is CCOC(=O)C1(C(F)(F)F)C=C1Cc1ccccc1.